The van der Waals surface area contributed by atoms with E-state index < -0.39 is 6.10 Å². The summed E-state index contributed by atoms with van der Waals surface area (Å²) >= 11 is 0. The molecule has 0 aromatic carbocycles. The summed E-state index contributed by atoms with van der Waals surface area (Å²) in [6, 6.07) is 0. The topological polar surface area (TPSA) is 78.9 Å². The van der Waals surface area contributed by atoms with Crippen LogP contribution in [0, 0.1) is 0 Å². The van der Waals surface area contributed by atoms with Crippen molar-refractivity contribution in [2.45, 2.75) is 367 Å². The second kappa shape index (κ2) is 70.1. The van der Waals surface area contributed by atoms with E-state index in [-0.39, 0.29) is 31.1 Å². The number of ether oxygens (including phenoxy) is 3. The Kier molecular flexibility index (Phi) is 67.2. The van der Waals surface area contributed by atoms with E-state index in [1.54, 1.807) is 0 Å². The SMILES string of the molecule is CC/C=C\C/C=C\C/C=C\C/C=C\C/C=C\CCCCCCCCCCCCCCCCCCCCCC(=O)OCC(COC(=O)CCCCCCC/C=C\CCC)OC(=O)CCCCCCCCCCC/C=C\CCCCCCCC. The number of carbonyl (C=O) groups excluding carboxylic acids is 3. The molecule has 0 fully saturated rings. The molecule has 6 heteroatoms. The van der Waals surface area contributed by atoms with E-state index in [0.29, 0.717) is 19.3 Å². The Balaban J connectivity index is 4.07. The van der Waals surface area contributed by atoms with Crippen molar-refractivity contribution in [3.05, 3.63) is 85.1 Å². The van der Waals surface area contributed by atoms with Crippen molar-refractivity contribution in [1.82, 2.24) is 0 Å². The third-order valence-corrected chi connectivity index (χ3v) is 15.6. The molecule has 474 valence electrons. The first-order chi connectivity index (χ1) is 40.5. The maximum Gasteiger partial charge on any atom is 0.306 e. The first-order valence-electron chi connectivity index (χ1n) is 35.6. The first-order valence-corrected chi connectivity index (χ1v) is 35.6. The van der Waals surface area contributed by atoms with Crippen molar-refractivity contribution >= 4 is 17.9 Å². The number of esters is 3. The highest BCUT2D eigenvalue weighted by molar-refractivity contribution is 5.71. The minimum absolute atomic E-state index is 0.0751. The predicted molar refractivity (Wildman–Crippen MR) is 358 cm³/mol. The zero-order valence-electron chi connectivity index (χ0n) is 54.5. The van der Waals surface area contributed by atoms with Gasteiger partial charge in [-0.1, -0.05) is 318 Å². The molecular weight excluding hydrogens is 1010 g/mol. The Bertz CT molecular complexity index is 1550. The van der Waals surface area contributed by atoms with Gasteiger partial charge in [0, 0.05) is 19.3 Å². The summed E-state index contributed by atoms with van der Waals surface area (Å²) in [4.78, 5) is 38.3. The highest BCUT2D eigenvalue weighted by Gasteiger charge is 2.19. The lowest BCUT2D eigenvalue weighted by molar-refractivity contribution is -0.167. The molecule has 0 aromatic heterocycles. The van der Waals surface area contributed by atoms with Crippen LogP contribution in [0.5, 0.6) is 0 Å². The molecule has 0 amide bonds. The van der Waals surface area contributed by atoms with Crippen LogP contribution in [-0.4, -0.2) is 37.2 Å². The molecule has 0 heterocycles. The smallest absolute Gasteiger partial charge is 0.306 e. The zero-order chi connectivity index (χ0) is 59.2. The Labute approximate surface area is 509 Å². The molecule has 0 aliphatic rings. The van der Waals surface area contributed by atoms with Gasteiger partial charge >= 0.3 is 17.9 Å². The van der Waals surface area contributed by atoms with Gasteiger partial charge in [0.25, 0.3) is 0 Å². The molecule has 82 heavy (non-hydrogen) atoms. The van der Waals surface area contributed by atoms with E-state index in [1.807, 2.05) is 0 Å². The summed E-state index contributed by atoms with van der Waals surface area (Å²) < 4.78 is 16.9. The first kappa shape index (κ1) is 78.6. The lowest BCUT2D eigenvalue weighted by Gasteiger charge is -2.18. The lowest BCUT2D eigenvalue weighted by atomic mass is 10.0. The molecule has 0 saturated carbocycles. The van der Waals surface area contributed by atoms with E-state index in [2.05, 4.69) is 106 Å². The van der Waals surface area contributed by atoms with Crippen molar-refractivity contribution in [2.75, 3.05) is 13.2 Å². The van der Waals surface area contributed by atoms with Crippen LogP contribution in [0.1, 0.15) is 361 Å². The minimum atomic E-state index is -0.778. The van der Waals surface area contributed by atoms with Crippen LogP contribution in [0.25, 0.3) is 0 Å². The fourth-order valence-electron chi connectivity index (χ4n) is 10.3. The molecule has 6 nitrogen and oxygen atoms in total. The summed E-state index contributed by atoms with van der Waals surface area (Å²) in [6.07, 6.45) is 93.5. The van der Waals surface area contributed by atoms with Gasteiger partial charge in [-0.2, -0.15) is 0 Å². The van der Waals surface area contributed by atoms with E-state index in [0.717, 1.165) is 103 Å². The van der Waals surface area contributed by atoms with Crippen molar-refractivity contribution < 1.29 is 28.6 Å². The quantitative estimate of drug-likeness (QED) is 0.0261. The minimum Gasteiger partial charge on any atom is -0.462 e. The standard InChI is InChI=1S/C76H134O6/c1-4-7-10-13-16-19-22-24-26-28-30-31-32-33-34-35-36-37-38-39-40-41-42-43-44-45-47-48-50-52-54-57-60-63-66-69-75(78)81-72-73(71-80-74(77)68-65-62-59-56-21-18-15-12-9-6-3)82-76(79)70-67-64-61-58-55-53-51-49-46-29-27-25-23-20-17-14-11-8-5-2/h7,10,12,15-16,19,24-27,30-31,33-34,73H,4-6,8-9,11,13-14,17-18,20-23,28-29,32,35-72H2,1-3H3/b10-7-,15-12-,19-16-,26-24-,27-25-,31-30-,34-33-. The summed E-state index contributed by atoms with van der Waals surface area (Å²) in [5.41, 5.74) is 0. The number of rotatable bonds is 65. The largest absolute Gasteiger partial charge is 0.462 e. The molecule has 0 spiro atoms. The molecule has 0 saturated heterocycles. The summed E-state index contributed by atoms with van der Waals surface area (Å²) in [5, 5.41) is 0. The van der Waals surface area contributed by atoms with Crippen LogP contribution >= 0.6 is 0 Å². The van der Waals surface area contributed by atoms with Crippen molar-refractivity contribution in [3.8, 4) is 0 Å². The molecule has 1 unspecified atom stereocenters. The number of hydrogen-bond donors (Lipinski definition) is 0. The molecule has 0 aliphatic heterocycles. The van der Waals surface area contributed by atoms with Crippen molar-refractivity contribution in [2.24, 2.45) is 0 Å². The number of unbranched alkanes of at least 4 members (excludes halogenated alkanes) is 40. The Morgan fingerprint density at radius 2 is 0.500 bits per heavy atom. The van der Waals surface area contributed by atoms with E-state index in [4.69, 9.17) is 14.2 Å². The lowest BCUT2D eigenvalue weighted by Crippen LogP contribution is -2.30. The number of carbonyl (C=O) groups is 3. The van der Waals surface area contributed by atoms with Crippen LogP contribution in [-0.2, 0) is 28.6 Å². The fourth-order valence-corrected chi connectivity index (χ4v) is 10.3. The van der Waals surface area contributed by atoms with Gasteiger partial charge in [0.05, 0.1) is 0 Å². The van der Waals surface area contributed by atoms with Crippen LogP contribution in [0.15, 0.2) is 85.1 Å². The van der Waals surface area contributed by atoms with Crippen LogP contribution in [0.2, 0.25) is 0 Å². The molecule has 1 atom stereocenters. The Hall–Kier alpha value is -3.41. The molecule has 0 rings (SSSR count). The highest BCUT2D eigenvalue weighted by Crippen LogP contribution is 2.18. The van der Waals surface area contributed by atoms with Gasteiger partial charge < -0.3 is 14.2 Å². The van der Waals surface area contributed by atoms with E-state index in [9.17, 15) is 14.4 Å². The van der Waals surface area contributed by atoms with E-state index in [1.165, 1.54) is 218 Å². The number of allylic oxidation sites excluding steroid dienone is 14. The maximum absolute atomic E-state index is 12.9. The summed E-state index contributed by atoms with van der Waals surface area (Å²) in [6.45, 7) is 6.50. The summed E-state index contributed by atoms with van der Waals surface area (Å²) in [7, 11) is 0. The van der Waals surface area contributed by atoms with Crippen molar-refractivity contribution in [1.29, 1.82) is 0 Å². The van der Waals surface area contributed by atoms with Gasteiger partial charge in [-0.3, -0.25) is 14.4 Å². The number of hydrogen-bond acceptors (Lipinski definition) is 6. The van der Waals surface area contributed by atoms with Gasteiger partial charge in [0.2, 0.25) is 0 Å². The van der Waals surface area contributed by atoms with Gasteiger partial charge in [-0.05, 0) is 109 Å². The second-order valence-electron chi connectivity index (χ2n) is 23.8. The average Bonchev–Trinajstić information content (AvgIpc) is 3.48. The molecule has 0 N–H and O–H groups in total. The average molecular weight is 1140 g/mol. The predicted octanol–water partition coefficient (Wildman–Crippen LogP) is 24.6. The monoisotopic (exact) mass is 1140 g/mol. The Morgan fingerprint density at radius 3 is 0.805 bits per heavy atom. The maximum atomic E-state index is 12.9. The van der Waals surface area contributed by atoms with Gasteiger partial charge in [-0.25, -0.2) is 0 Å². The fraction of sp³-hybridized carbons (Fsp3) is 0.776. The molecule has 0 aromatic rings. The third kappa shape index (κ3) is 67.4. The van der Waals surface area contributed by atoms with Crippen LogP contribution in [0.4, 0.5) is 0 Å². The summed E-state index contributed by atoms with van der Waals surface area (Å²) in [5.74, 6) is -0.870. The third-order valence-electron chi connectivity index (χ3n) is 15.6. The molecule has 0 aliphatic carbocycles. The van der Waals surface area contributed by atoms with Gasteiger partial charge in [0.15, 0.2) is 6.10 Å². The van der Waals surface area contributed by atoms with Crippen molar-refractivity contribution in [3.63, 3.8) is 0 Å². The Morgan fingerprint density at radius 1 is 0.256 bits per heavy atom. The second-order valence-corrected chi connectivity index (χ2v) is 23.8. The van der Waals surface area contributed by atoms with Crippen LogP contribution < -0.4 is 0 Å². The zero-order valence-corrected chi connectivity index (χ0v) is 54.5. The highest BCUT2D eigenvalue weighted by atomic mass is 16.6. The van der Waals surface area contributed by atoms with Crippen LogP contribution in [0.3, 0.4) is 0 Å². The van der Waals surface area contributed by atoms with Gasteiger partial charge in [0.1, 0.15) is 13.2 Å². The normalized spacial score (nSPS) is 12.6. The molecule has 0 radical (unpaired) electrons. The molecular formula is C76H134O6. The molecule has 0 bridgehead atoms. The van der Waals surface area contributed by atoms with Gasteiger partial charge in [-0.15, -0.1) is 0 Å². The van der Waals surface area contributed by atoms with E-state index >= 15 is 0 Å².